The molecular formula is C19H38N2. The molecule has 0 aromatic rings. The predicted molar refractivity (Wildman–Crippen MR) is 92.6 cm³/mol. The van der Waals surface area contributed by atoms with Crippen molar-refractivity contribution >= 4 is 0 Å². The van der Waals surface area contributed by atoms with Crippen LogP contribution in [0.25, 0.3) is 0 Å². The van der Waals surface area contributed by atoms with Crippen LogP contribution in [-0.2, 0) is 0 Å². The molecule has 1 aliphatic carbocycles. The molecule has 2 fully saturated rings. The van der Waals surface area contributed by atoms with Crippen LogP contribution in [-0.4, -0.2) is 36.6 Å². The minimum atomic E-state index is 0.743. The minimum absolute atomic E-state index is 0.743. The molecule has 2 nitrogen and oxygen atoms in total. The maximum atomic E-state index is 3.87. The molecule has 2 aliphatic rings. The van der Waals surface area contributed by atoms with E-state index >= 15 is 0 Å². The van der Waals surface area contributed by atoms with E-state index in [2.05, 4.69) is 37.9 Å². The van der Waals surface area contributed by atoms with Gasteiger partial charge in [-0.05, 0) is 56.4 Å². The van der Waals surface area contributed by atoms with Crippen molar-refractivity contribution in [2.24, 2.45) is 17.8 Å². The number of nitrogens with one attached hydrogen (secondary N) is 1. The van der Waals surface area contributed by atoms with Gasteiger partial charge < -0.3 is 5.32 Å². The van der Waals surface area contributed by atoms with Gasteiger partial charge in [0, 0.05) is 25.2 Å². The Morgan fingerprint density at radius 1 is 1.19 bits per heavy atom. The van der Waals surface area contributed by atoms with Crippen LogP contribution < -0.4 is 5.32 Å². The lowest BCUT2D eigenvalue weighted by atomic mass is 9.77. The Morgan fingerprint density at radius 3 is 2.57 bits per heavy atom. The lowest BCUT2D eigenvalue weighted by molar-refractivity contribution is 0.0207. The molecule has 2 rings (SSSR count). The zero-order chi connectivity index (χ0) is 15.2. The molecule has 0 radical (unpaired) electrons. The van der Waals surface area contributed by atoms with Crippen LogP contribution in [0.5, 0.6) is 0 Å². The average Bonchev–Trinajstić information content (AvgIpc) is 2.43. The summed E-state index contributed by atoms with van der Waals surface area (Å²) in [5.74, 6) is 2.69. The van der Waals surface area contributed by atoms with Crippen molar-refractivity contribution < 1.29 is 0 Å². The van der Waals surface area contributed by atoms with Crippen LogP contribution >= 0.6 is 0 Å². The van der Waals surface area contributed by atoms with Gasteiger partial charge in [0.25, 0.3) is 0 Å². The normalized spacial score (nSPS) is 34.1. The standard InChI is InChI=1S/C19H38N2/c1-5-6-7-17-12-18(20-11-10-15(2)3)14-21(13-17)19-9-8-16(19)4/h15-20H,5-14H2,1-4H3. The Hall–Kier alpha value is -0.0800. The molecule has 1 saturated heterocycles. The van der Waals surface area contributed by atoms with Gasteiger partial charge in [0.2, 0.25) is 0 Å². The third-order valence-electron chi connectivity index (χ3n) is 5.73. The van der Waals surface area contributed by atoms with E-state index in [9.17, 15) is 0 Å². The summed E-state index contributed by atoms with van der Waals surface area (Å²) in [6.07, 6.45) is 9.83. The molecule has 0 amide bonds. The first-order valence-electron chi connectivity index (χ1n) is 9.57. The van der Waals surface area contributed by atoms with Crippen LogP contribution in [0.2, 0.25) is 0 Å². The number of hydrogen-bond acceptors (Lipinski definition) is 2. The van der Waals surface area contributed by atoms with Crippen molar-refractivity contribution in [3.63, 3.8) is 0 Å². The summed E-state index contributed by atoms with van der Waals surface area (Å²) in [6, 6.07) is 1.64. The van der Waals surface area contributed by atoms with Crippen molar-refractivity contribution in [1.29, 1.82) is 0 Å². The number of piperidine rings is 1. The second-order valence-corrected chi connectivity index (χ2v) is 8.15. The number of likely N-dealkylation sites (tertiary alicyclic amines) is 1. The van der Waals surface area contributed by atoms with Crippen molar-refractivity contribution in [2.45, 2.75) is 84.7 Å². The van der Waals surface area contributed by atoms with E-state index in [1.165, 1.54) is 64.6 Å². The number of unbranched alkanes of at least 4 members (excludes halogenated alkanes) is 1. The third kappa shape index (κ3) is 5.25. The quantitative estimate of drug-likeness (QED) is 0.718. The highest BCUT2D eigenvalue weighted by Crippen LogP contribution is 2.35. The monoisotopic (exact) mass is 294 g/mol. The first-order chi connectivity index (χ1) is 10.1. The zero-order valence-corrected chi connectivity index (χ0v) is 14.9. The van der Waals surface area contributed by atoms with Gasteiger partial charge in [-0.25, -0.2) is 0 Å². The van der Waals surface area contributed by atoms with E-state index in [-0.39, 0.29) is 0 Å². The van der Waals surface area contributed by atoms with E-state index in [4.69, 9.17) is 0 Å². The Morgan fingerprint density at radius 2 is 2.00 bits per heavy atom. The van der Waals surface area contributed by atoms with E-state index in [1.807, 2.05) is 0 Å². The highest BCUT2D eigenvalue weighted by molar-refractivity contribution is 4.92. The molecule has 0 spiro atoms. The summed E-state index contributed by atoms with van der Waals surface area (Å²) < 4.78 is 0. The number of nitrogens with zero attached hydrogens (tertiary/aromatic N) is 1. The molecule has 4 unspecified atom stereocenters. The molecule has 1 saturated carbocycles. The predicted octanol–water partition coefficient (Wildman–Crippen LogP) is 4.30. The molecule has 21 heavy (non-hydrogen) atoms. The lowest BCUT2D eigenvalue weighted by Crippen LogP contribution is -2.56. The highest BCUT2D eigenvalue weighted by Gasteiger charge is 2.37. The maximum Gasteiger partial charge on any atom is 0.0198 e. The lowest BCUT2D eigenvalue weighted by Gasteiger charge is -2.48. The van der Waals surface area contributed by atoms with Crippen molar-refractivity contribution in [1.82, 2.24) is 10.2 Å². The highest BCUT2D eigenvalue weighted by atomic mass is 15.2. The summed E-state index contributed by atoms with van der Waals surface area (Å²) in [6.45, 7) is 13.3. The summed E-state index contributed by atoms with van der Waals surface area (Å²) in [7, 11) is 0. The smallest absolute Gasteiger partial charge is 0.0198 e. The van der Waals surface area contributed by atoms with Gasteiger partial charge in [-0.2, -0.15) is 0 Å². The molecule has 0 aromatic heterocycles. The number of hydrogen-bond donors (Lipinski definition) is 1. The Balaban J connectivity index is 1.83. The topological polar surface area (TPSA) is 15.3 Å². The van der Waals surface area contributed by atoms with E-state index in [0.717, 1.165) is 29.8 Å². The van der Waals surface area contributed by atoms with Crippen LogP contribution in [0.3, 0.4) is 0 Å². The molecule has 4 atom stereocenters. The molecule has 1 aliphatic heterocycles. The van der Waals surface area contributed by atoms with Gasteiger partial charge >= 0.3 is 0 Å². The Kier molecular flexibility index (Phi) is 7.01. The molecule has 2 heteroatoms. The SMILES string of the molecule is CCCCC1CC(NCCC(C)C)CN(C2CCC2C)C1. The molecule has 1 N–H and O–H groups in total. The molecule has 124 valence electrons. The first-order valence-corrected chi connectivity index (χ1v) is 9.57. The van der Waals surface area contributed by atoms with E-state index in [0.29, 0.717) is 0 Å². The summed E-state index contributed by atoms with van der Waals surface area (Å²) in [5.41, 5.74) is 0. The van der Waals surface area contributed by atoms with Crippen LogP contribution in [0.4, 0.5) is 0 Å². The van der Waals surface area contributed by atoms with Gasteiger partial charge in [0.1, 0.15) is 0 Å². The third-order valence-corrected chi connectivity index (χ3v) is 5.73. The molecule has 1 heterocycles. The van der Waals surface area contributed by atoms with Gasteiger partial charge in [-0.15, -0.1) is 0 Å². The largest absolute Gasteiger partial charge is 0.313 e. The van der Waals surface area contributed by atoms with Crippen LogP contribution in [0.1, 0.15) is 72.6 Å². The number of rotatable bonds is 8. The van der Waals surface area contributed by atoms with E-state index in [1.54, 1.807) is 0 Å². The minimum Gasteiger partial charge on any atom is -0.313 e. The second kappa shape index (κ2) is 8.53. The van der Waals surface area contributed by atoms with Gasteiger partial charge in [0.05, 0.1) is 0 Å². The van der Waals surface area contributed by atoms with Gasteiger partial charge in [-0.3, -0.25) is 4.90 Å². The average molecular weight is 295 g/mol. The molecule has 0 bridgehead atoms. The van der Waals surface area contributed by atoms with Crippen molar-refractivity contribution in [3.05, 3.63) is 0 Å². The van der Waals surface area contributed by atoms with Crippen molar-refractivity contribution in [2.75, 3.05) is 19.6 Å². The zero-order valence-electron chi connectivity index (χ0n) is 14.9. The van der Waals surface area contributed by atoms with Crippen LogP contribution in [0, 0.1) is 17.8 Å². The molecule has 0 aromatic carbocycles. The summed E-state index contributed by atoms with van der Waals surface area (Å²) >= 11 is 0. The summed E-state index contributed by atoms with van der Waals surface area (Å²) in [4.78, 5) is 2.84. The fraction of sp³-hybridized carbons (Fsp3) is 1.00. The van der Waals surface area contributed by atoms with E-state index < -0.39 is 0 Å². The second-order valence-electron chi connectivity index (χ2n) is 8.15. The first kappa shape index (κ1) is 17.3. The maximum absolute atomic E-state index is 3.87. The Bertz CT molecular complexity index is 289. The summed E-state index contributed by atoms with van der Waals surface area (Å²) in [5, 5.41) is 3.87. The Labute approximate surface area is 133 Å². The van der Waals surface area contributed by atoms with Crippen LogP contribution in [0.15, 0.2) is 0 Å². The van der Waals surface area contributed by atoms with Gasteiger partial charge in [0.15, 0.2) is 0 Å². The molecular weight excluding hydrogens is 256 g/mol. The fourth-order valence-corrected chi connectivity index (χ4v) is 4.13. The van der Waals surface area contributed by atoms with Gasteiger partial charge in [-0.1, -0.05) is 40.5 Å². The fourth-order valence-electron chi connectivity index (χ4n) is 4.13. The van der Waals surface area contributed by atoms with Crippen molar-refractivity contribution in [3.8, 4) is 0 Å².